The second-order valence-electron chi connectivity index (χ2n) is 6.43. The Morgan fingerprint density at radius 2 is 2.04 bits per heavy atom. The molecule has 2 aliphatic heterocycles. The Hall–Kier alpha value is -1.02. The van der Waals surface area contributed by atoms with Gasteiger partial charge in [0.05, 0.1) is 18.5 Å². The number of likely N-dealkylation sites (tertiary alicyclic amines) is 1. The van der Waals surface area contributed by atoms with Crippen LogP contribution in [-0.2, 0) is 21.3 Å². The summed E-state index contributed by atoms with van der Waals surface area (Å²) in [6, 6.07) is 2.12. The summed E-state index contributed by atoms with van der Waals surface area (Å²) in [5.74, 6) is 0. The maximum Gasteiger partial charge on any atom is 0.218 e. The van der Waals surface area contributed by atoms with E-state index in [2.05, 4.69) is 16.0 Å². The molecule has 0 aliphatic carbocycles. The monoisotopic (exact) mass is 339 g/mol. The minimum absolute atomic E-state index is 0.299. The van der Waals surface area contributed by atoms with Crippen LogP contribution in [0.4, 0.5) is 0 Å². The highest BCUT2D eigenvalue weighted by atomic mass is 32.2. The highest BCUT2D eigenvalue weighted by Crippen LogP contribution is 2.22. The van der Waals surface area contributed by atoms with Crippen molar-refractivity contribution >= 4 is 10.0 Å². The number of rotatable bonds is 4. The van der Waals surface area contributed by atoms with Crippen LogP contribution in [0.3, 0.4) is 0 Å². The number of aryl methyl sites for hydroxylation is 1. The SMILES string of the molecule is Cc1cncc(CN2CCC[C@H](S(=O)(=O)N3CCOCC3)C2)c1. The second-order valence-corrected chi connectivity index (χ2v) is 8.64. The Morgan fingerprint density at radius 3 is 2.78 bits per heavy atom. The van der Waals surface area contributed by atoms with Gasteiger partial charge in [0, 0.05) is 38.6 Å². The van der Waals surface area contributed by atoms with E-state index in [1.54, 1.807) is 4.31 Å². The molecule has 2 fully saturated rings. The van der Waals surface area contributed by atoms with Gasteiger partial charge >= 0.3 is 0 Å². The van der Waals surface area contributed by atoms with Gasteiger partial charge in [-0.3, -0.25) is 9.88 Å². The Kier molecular flexibility index (Phi) is 5.31. The van der Waals surface area contributed by atoms with E-state index in [0.29, 0.717) is 32.8 Å². The second kappa shape index (κ2) is 7.25. The van der Waals surface area contributed by atoms with Gasteiger partial charge in [-0.2, -0.15) is 4.31 Å². The van der Waals surface area contributed by atoms with Gasteiger partial charge in [0.25, 0.3) is 0 Å². The molecule has 1 aromatic heterocycles. The summed E-state index contributed by atoms with van der Waals surface area (Å²) in [5, 5.41) is -0.299. The van der Waals surface area contributed by atoms with E-state index < -0.39 is 10.0 Å². The van der Waals surface area contributed by atoms with Crippen LogP contribution in [0, 0.1) is 6.92 Å². The molecule has 0 N–H and O–H groups in total. The summed E-state index contributed by atoms with van der Waals surface area (Å²) in [4.78, 5) is 6.46. The van der Waals surface area contributed by atoms with Crippen LogP contribution in [0.1, 0.15) is 24.0 Å². The van der Waals surface area contributed by atoms with Gasteiger partial charge in [0.1, 0.15) is 0 Å². The molecule has 0 saturated carbocycles. The number of piperidine rings is 1. The molecular formula is C16H25N3O3S. The van der Waals surface area contributed by atoms with Crippen molar-refractivity contribution in [3.05, 3.63) is 29.6 Å². The third-order valence-corrected chi connectivity index (χ3v) is 6.86. The predicted molar refractivity (Wildman–Crippen MR) is 88.6 cm³/mol. The smallest absolute Gasteiger partial charge is 0.218 e. The lowest BCUT2D eigenvalue weighted by Gasteiger charge is -2.36. The summed E-state index contributed by atoms with van der Waals surface area (Å²) in [6.45, 7) is 6.33. The molecule has 0 unspecified atom stereocenters. The highest BCUT2D eigenvalue weighted by molar-refractivity contribution is 7.89. The van der Waals surface area contributed by atoms with Crippen LogP contribution >= 0.6 is 0 Å². The molecule has 3 rings (SSSR count). The third-order valence-electron chi connectivity index (χ3n) is 4.55. The zero-order valence-corrected chi connectivity index (χ0v) is 14.5. The largest absolute Gasteiger partial charge is 0.379 e. The van der Waals surface area contributed by atoms with Crippen LogP contribution in [0.5, 0.6) is 0 Å². The molecule has 7 heteroatoms. The first-order chi connectivity index (χ1) is 11.1. The van der Waals surface area contributed by atoms with E-state index in [1.807, 2.05) is 19.3 Å². The quantitative estimate of drug-likeness (QED) is 0.819. The average molecular weight is 339 g/mol. The first-order valence-electron chi connectivity index (χ1n) is 8.25. The molecule has 6 nitrogen and oxygen atoms in total. The van der Waals surface area contributed by atoms with Crippen molar-refractivity contribution < 1.29 is 13.2 Å². The molecule has 0 amide bonds. The number of nitrogens with zero attached hydrogens (tertiary/aromatic N) is 3. The lowest BCUT2D eigenvalue weighted by Crippen LogP contribution is -2.50. The molecule has 0 radical (unpaired) electrons. The molecule has 0 spiro atoms. The highest BCUT2D eigenvalue weighted by Gasteiger charge is 2.35. The van der Waals surface area contributed by atoms with E-state index >= 15 is 0 Å². The fourth-order valence-electron chi connectivity index (χ4n) is 3.37. The number of morpholine rings is 1. The van der Waals surface area contributed by atoms with Gasteiger partial charge in [-0.15, -0.1) is 0 Å². The number of sulfonamides is 1. The minimum atomic E-state index is -3.22. The zero-order chi connectivity index (χ0) is 16.3. The lowest BCUT2D eigenvalue weighted by atomic mass is 10.1. The van der Waals surface area contributed by atoms with Gasteiger partial charge < -0.3 is 4.74 Å². The molecule has 128 valence electrons. The van der Waals surface area contributed by atoms with Crippen molar-refractivity contribution in [3.63, 3.8) is 0 Å². The van der Waals surface area contributed by atoms with E-state index in [9.17, 15) is 8.42 Å². The number of aromatic nitrogens is 1. The number of ether oxygens (including phenoxy) is 1. The summed E-state index contributed by atoms with van der Waals surface area (Å²) >= 11 is 0. The predicted octanol–water partition coefficient (Wildman–Crippen LogP) is 1.02. The van der Waals surface area contributed by atoms with Crippen LogP contribution in [-0.4, -0.2) is 67.2 Å². The first kappa shape index (κ1) is 16.8. The Balaban J connectivity index is 1.65. The maximum absolute atomic E-state index is 12.8. The third kappa shape index (κ3) is 4.09. The van der Waals surface area contributed by atoms with Gasteiger partial charge in [0.15, 0.2) is 0 Å². The number of pyridine rings is 1. The van der Waals surface area contributed by atoms with E-state index in [1.165, 1.54) is 0 Å². The van der Waals surface area contributed by atoms with Crippen LogP contribution in [0.25, 0.3) is 0 Å². The minimum Gasteiger partial charge on any atom is -0.379 e. The molecule has 2 aliphatic rings. The van der Waals surface area contributed by atoms with Gasteiger partial charge in [-0.05, 0) is 37.4 Å². The lowest BCUT2D eigenvalue weighted by molar-refractivity contribution is 0.0719. The normalized spacial score (nSPS) is 24.7. The molecule has 3 heterocycles. The summed E-state index contributed by atoms with van der Waals surface area (Å²) in [7, 11) is -3.22. The van der Waals surface area contributed by atoms with Crippen molar-refractivity contribution in [1.82, 2.24) is 14.2 Å². The molecule has 23 heavy (non-hydrogen) atoms. The average Bonchev–Trinajstić information content (AvgIpc) is 2.56. The van der Waals surface area contributed by atoms with Crippen LogP contribution < -0.4 is 0 Å². The summed E-state index contributed by atoms with van der Waals surface area (Å²) in [5.41, 5.74) is 2.28. The Bertz CT molecular complexity index is 629. The van der Waals surface area contributed by atoms with Crippen molar-refractivity contribution in [2.24, 2.45) is 0 Å². The van der Waals surface area contributed by atoms with Crippen molar-refractivity contribution in [1.29, 1.82) is 0 Å². The molecule has 0 bridgehead atoms. The van der Waals surface area contributed by atoms with E-state index in [0.717, 1.165) is 37.1 Å². The molecule has 1 aromatic rings. The van der Waals surface area contributed by atoms with E-state index in [4.69, 9.17) is 4.74 Å². The van der Waals surface area contributed by atoms with Gasteiger partial charge in [0.2, 0.25) is 10.0 Å². The molecular weight excluding hydrogens is 314 g/mol. The Morgan fingerprint density at radius 1 is 1.26 bits per heavy atom. The van der Waals surface area contributed by atoms with Crippen molar-refractivity contribution in [3.8, 4) is 0 Å². The standard InChI is InChI=1S/C16H25N3O3S/c1-14-9-15(11-17-10-14)12-18-4-2-3-16(13-18)23(20,21)19-5-7-22-8-6-19/h9-11,16H,2-8,12-13H2,1H3/t16-/m0/s1. The fraction of sp³-hybridized carbons (Fsp3) is 0.688. The number of hydrogen-bond donors (Lipinski definition) is 0. The Labute approximate surface area is 138 Å². The van der Waals surface area contributed by atoms with Crippen LogP contribution in [0.15, 0.2) is 18.5 Å². The molecule has 1 atom stereocenters. The first-order valence-corrected chi connectivity index (χ1v) is 9.75. The molecule has 2 saturated heterocycles. The topological polar surface area (TPSA) is 62.7 Å². The van der Waals surface area contributed by atoms with Crippen LogP contribution in [0.2, 0.25) is 0 Å². The zero-order valence-electron chi connectivity index (χ0n) is 13.6. The van der Waals surface area contributed by atoms with E-state index in [-0.39, 0.29) is 5.25 Å². The summed E-state index contributed by atoms with van der Waals surface area (Å²) in [6.07, 6.45) is 5.38. The van der Waals surface area contributed by atoms with Gasteiger partial charge in [-0.25, -0.2) is 8.42 Å². The molecule has 0 aromatic carbocycles. The van der Waals surface area contributed by atoms with Crippen molar-refractivity contribution in [2.75, 3.05) is 39.4 Å². The maximum atomic E-state index is 12.8. The van der Waals surface area contributed by atoms with Gasteiger partial charge in [-0.1, -0.05) is 6.07 Å². The van der Waals surface area contributed by atoms with Crippen molar-refractivity contribution in [2.45, 2.75) is 31.6 Å². The number of hydrogen-bond acceptors (Lipinski definition) is 5. The summed E-state index contributed by atoms with van der Waals surface area (Å²) < 4.78 is 32.5. The fourth-order valence-corrected chi connectivity index (χ4v) is 5.32.